The van der Waals surface area contributed by atoms with Gasteiger partial charge in [-0.05, 0) is 51.0 Å². The van der Waals surface area contributed by atoms with Gasteiger partial charge in [0.2, 0.25) is 5.91 Å². The van der Waals surface area contributed by atoms with E-state index in [1.807, 2.05) is 32.9 Å². The predicted octanol–water partition coefficient (Wildman–Crippen LogP) is 3.48. The summed E-state index contributed by atoms with van der Waals surface area (Å²) in [4.78, 5) is 26.0. The lowest BCUT2D eigenvalue weighted by atomic mass is 9.69. The monoisotopic (exact) mass is 410 g/mol. The van der Waals surface area contributed by atoms with E-state index in [0.717, 1.165) is 11.1 Å². The summed E-state index contributed by atoms with van der Waals surface area (Å²) in [7, 11) is 0. The smallest absolute Gasteiger partial charge is 0.408 e. The molecular formula is C21H31ClN2O4. The summed E-state index contributed by atoms with van der Waals surface area (Å²) in [6.07, 6.45) is -0.618. The Morgan fingerprint density at radius 2 is 1.86 bits per heavy atom. The standard InChI is InChI=1S/C21H31ClN2O4/c1-13-9-16(22)7-8-17(13)21(27)14(2)11-24(12-15(21)3)18(25)10-23-19(26)28-20(4,5)6/h7-9,14-15,27H,10-12H2,1-6H3,(H,23,26)/t14-,15+,21?. The number of hydrogen-bond donors (Lipinski definition) is 2. The lowest BCUT2D eigenvalue weighted by molar-refractivity contribution is -0.148. The second kappa shape index (κ2) is 8.29. The molecule has 1 aromatic carbocycles. The first-order valence-electron chi connectivity index (χ1n) is 9.58. The molecule has 0 aromatic heterocycles. The molecular weight excluding hydrogens is 380 g/mol. The summed E-state index contributed by atoms with van der Waals surface area (Å²) in [5, 5.41) is 14.7. The van der Waals surface area contributed by atoms with Crippen LogP contribution < -0.4 is 5.32 Å². The maximum Gasteiger partial charge on any atom is 0.408 e. The molecule has 0 radical (unpaired) electrons. The predicted molar refractivity (Wildman–Crippen MR) is 109 cm³/mol. The van der Waals surface area contributed by atoms with Crippen LogP contribution in [-0.2, 0) is 15.1 Å². The molecule has 0 bridgehead atoms. The summed E-state index contributed by atoms with van der Waals surface area (Å²) in [5.74, 6) is -0.553. The van der Waals surface area contributed by atoms with Crippen LogP contribution in [0.15, 0.2) is 18.2 Å². The fourth-order valence-electron chi connectivity index (χ4n) is 3.88. The Bertz CT molecular complexity index is 732. The molecule has 0 saturated carbocycles. The third kappa shape index (κ3) is 4.97. The Kier molecular flexibility index (Phi) is 6.66. The van der Waals surface area contributed by atoms with Gasteiger partial charge in [0.1, 0.15) is 12.1 Å². The van der Waals surface area contributed by atoms with Crippen LogP contribution in [0.4, 0.5) is 4.79 Å². The van der Waals surface area contributed by atoms with Crippen LogP contribution in [0.2, 0.25) is 5.02 Å². The van der Waals surface area contributed by atoms with Gasteiger partial charge in [0.15, 0.2) is 0 Å². The van der Waals surface area contributed by atoms with E-state index in [-0.39, 0.29) is 24.3 Å². The van der Waals surface area contributed by atoms with Crippen molar-refractivity contribution in [1.82, 2.24) is 10.2 Å². The maximum atomic E-state index is 12.6. The van der Waals surface area contributed by atoms with Crippen molar-refractivity contribution in [2.45, 2.75) is 52.7 Å². The number of hydrogen-bond acceptors (Lipinski definition) is 4. The molecule has 156 valence electrons. The third-order valence-electron chi connectivity index (χ3n) is 5.25. The molecule has 1 heterocycles. The van der Waals surface area contributed by atoms with Gasteiger partial charge >= 0.3 is 6.09 Å². The van der Waals surface area contributed by atoms with E-state index in [1.54, 1.807) is 31.7 Å². The number of aliphatic hydroxyl groups is 1. The Hall–Kier alpha value is -1.79. The minimum absolute atomic E-state index is 0.132. The minimum atomic E-state index is -1.05. The van der Waals surface area contributed by atoms with Crippen molar-refractivity contribution >= 4 is 23.6 Å². The van der Waals surface area contributed by atoms with Crippen LogP contribution in [-0.4, -0.2) is 47.2 Å². The number of carbonyl (C=O) groups excluding carboxylic acids is 2. The van der Waals surface area contributed by atoms with Crippen molar-refractivity contribution in [1.29, 1.82) is 0 Å². The zero-order valence-corrected chi connectivity index (χ0v) is 18.3. The largest absolute Gasteiger partial charge is 0.444 e. The van der Waals surface area contributed by atoms with Crippen LogP contribution in [0.5, 0.6) is 0 Å². The highest BCUT2D eigenvalue weighted by molar-refractivity contribution is 6.30. The van der Waals surface area contributed by atoms with Gasteiger partial charge in [-0.2, -0.15) is 0 Å². The van der Waals surface area contributed by atoms with Gasteiger partial charge in [0.05, 0.1) is 5.60 Å². The molecule has 1 saturated heterocycles. The Morgan fingerprint density at radius 3 is 2.36 bits per heavy atom. The number of carbonyl (C=O) groups is 2. The SMILES string of the molecule is Cc1cc(Cl)ccc1C1(O)[C@H](C)CN(C(=O)CNC(=O)OC(C)(C)C)C[C@@H]1C. The van der Waals surface area contributed by atoms with Crippen molar-refractivity contribution in [2.75, 3.05) is 19.6 Å². The van der Waals surface area contributed by atoms with Crippen LogP contribution in [0, 0.1) is 18.8 Å². The Morgan fingerprint density at radius 1 is 1.29 bits per heavy atom. The average molecular weight is 411 g/mol. The van der Waals surface area contributed by atoms with Gasteiger partial charge in [-0.3, -0.25) is 4.79 Å². The second-order valence-corrected chi connectivity index (χ2v) is 9.18. The van der Waals surface area contributed by atoms with E-state index in [0.29, 0.717) is 18.1 Å². The first-order chi connectivity index (χ1) is 12.8. The molecule has 3 atom stereocenters. The van der Waals surface area contributed by atoms with Crippen LogP contribution in [0.3, 0.4) is 0 Å². The van der Waals surface area contributed by atoms with Gasteiger partial charge in [-0.1, -0.05) is 31.5 Å². The molecule has 1 unspecified atom stereocenters. The third-order valence-corrected chi connectivity index (χ3v) is 5.48. The van der Waals surface area contributed by atoms with Gasteiger partial charge < -0.3 is 20.1 Å². The summed E-state index contributed by atoms with van der Waals surface area (Å²) >= 11 is 6.06. The van der Waals surface area contributed by atoms with E-state index >= 15 is 0 Å². The number of amides is 2. The van der Waals surface area contributed by atoms with E-state index in [4.69, 9.17) is 16.3 Å². The maximum absolute atomic E-state index is 12.6. The number of piperidine rings is 1. The zero-order chi connectivity index (χ0) is 21.3. The molecule has 7 heteroatoms. The molecule has 0 spiro atoms. The highest BCUT2D eigenvalue weighted by Crippen LogP contribution is 2.42. The molecule has 2 N–H and O–H groups in total. The number of nitrogens with one attached hydrogen (secondary N) is 1. The number of nitrogens with zero attached hydrogens (tertiary/aromatic N) is 1. The highest BCUT2D eigenvalue weighted by Gasteiger charge is 2.47. The first-order valence-corrected chi connectivity index (χ1v) is 9.96. The van der Waals surface area contributed by atoms with Gasteiger partial charge in [0, 0.05) is 29.9 Å². The average Bonchev–Trinajstić information content (AvgIpc) is 2.55. The Labute approximate surface area is 172 Å². The Balaban J connectivity index is 2.06. The molecule has 28 heavy (non-hydrogen) atoms. The number of alkyl carbamates (subject to hydrolysis) is 1. The van der Waals surface area contributed by atoms with Crippen molar-refractivity contribution in [3.8, 4) is 0 Å². The summed E-state index contributed by atoms with van der Waals surface area (Å²) in [6, 6.07) is 5.49. The molecule has 2 rings (SSSR count). The quantitative estimate of drug-likeness (QED) is 0.799. The fraction of sp³-hybridized carbons (Fsp3) is 0.619. The molecule has 1 aliphatic rings. The van der Waals surface area contributed by atoms with Crippen LogP contribution in [0.25, 0.3) is 0 Å². The van der Waals surface area contributed by atoms with Crippen LogP contribution >= 0.6 is 11.6 Å². The molecule has 6 nitrogen and oxygen atoms in total. The second-order valence-electron chi connectivity index (χ2n) is 8.74. The molecule has 0 aliphatic carbocycles. The lowest BCUT2D eigenvalue weighted by Gasteiger charge is -2.48. The molecule has 2 amide bonds. The van der Waals surface area contributed by atoms with Crippen molar-refractivity contribution in [3.63, 3.8) is 0 Å². The van der Waals surface area contributed by atoms with Gasteiger partial charge in [-0.25, -0.2) is 4.79 Å². The van der Waals surface area contributed by atoms with E-state index in [2.05, 4.69) is 5.32 Å². The summed E-state index contributed by atoms with van der Waals surface area (Å²) < 4.78 is 5.16. The molecule has 1 aliphatic heterocycles. The van der Waals surface area contributed by atoms with Gasteiger partial charge in [-0.15, -0.1) is 0 Å². The minimum Gasteiger partial charge on any atom is -0.444 e. The zero-order valence-electron chi connectivity index (χ0n) is 17.5. The normalized spacial score (nSPS) is 25.4. The number of aryl methyl sites for hydroxylation is 1. The summed E-state index contributed by atoms with van der Waals surface area (Å²) in [6.45, 7) is 11.8. The number of rotatable bonds is 3. The van der Waals surface area contributed by atoms with Gasteiger partial charge in [0.25, 0.3) is 0 Å². The van der Waals surface area contributed by atoms with Crippen molar-refractivity contribution < 1.29 is 19.4 Å². The van der Waals surface area contributed by atoms with Crippen molar-refractivity contribution in [3.05, 3.63) is 34.3 Å². The number of halogens is 1. The molecule has 1 fully saturated rings. The molecule has 1 aromatic rings. The van der Waals surface area contributed by atoms with E-state index in [9.17, 15) is 14.7 Å². The lowest BCUT2D eigenvalue weighted by Crippen LogP contribution is -2.57. The summed E-state index contributed by atoms with van der Waals surface area (Å²) in [5.41, 5.74) is 0.106. The topological polar surface area (TPSA) is 78.9 Å². The number of ether oxygens (including phenoxy) is 1. The van der Waals surface area contributed by atoms with Crippen molar-refractivity contribution in [2.24, 2.45) is 11.8 Å². The fourth-order valence-corrected chi connectivity index (χ4v) is 4.11. The van der Waals surface area contributed by atoms with E-state index in [1.165, 1.54) is 0 Å². The first kappa shape index (κ1) is 22.5. The number of benzene rings is 1. The van der Waals surface area contributed by atoms with E-state index < -0.39 is 17.3 Å². The van der Waals surface area contributed by atoms with Crippen LogP contribution in [0.1, 0.15) is 45.7 Å². The number of likely N-dealkylation sites (tertiary alicyclic amines) is 1. The highest BCUT2D eigenvalue weighted by atomic mass is 35.5.